The van der Waals surface area contributed by atoms with Crippen molar-refractivity contribution in [3.63, 3.8) is 0 Å². The lowest BCUT2D eigenvalue weighted by molar-refractivity contribution is -0.138. The summed E-state index contributed by atoms with van der Waals surface area (Å²) >= 11 is 0. The highest BCUT2D eigenvalue weighted by Crippen LogP contribution is 2.13. The topological polar surface area (TPSA) is 88.3 Å². The van der Waals surface area contributed by atoms with Crippen molar-refractivity contribution in [2.45, 2.75) is 38.8 Å². The maximum atomic E-state index is 11.8. The largest absolute Gasteiger partial charge is 0.480 e. The molecule has 1 aliphatic rings. The van der Waals surface area contributed by atoms with Gasteiger partial charge in [0.05, 0.1) is 12.7 Å². The number of aliphatic carboxylic acids is 1. The maximum absolute atomic E-state index is 11.8. The molecule has 18 heavy (non-hydrogen) atoms. The number of carboxylic acid groups (broad SMARTS) is 1. The Bertz CT molecular complexity index is 443. The minimum Gasteiger partial charge on any atom is -0.480 e. The fourth-order valence-electron chi connectivity index (χ4n) is 2.03. The van der Waals surface area contributed by atoms with E-state index in [1.165, 1.54) is 4.68 Å². The summed E-state index contributed by atoms with van der Waals surface area (Å²) in [5, 5.41) is 16.2. The van der Waals surface area contributed by atoms with E-state index in [4.69, 9.17) is 5.11 Å². The van der Waals surface area contributed by atoms with Gasteiger partial charge in [0.2, 0.25) is 5.91 Å². The van der Waals surface area contributed by atoms with Gasteiger partial charge in [-0.25, -0.2) is 4.68 Å². The number of amides is 1. The number of hydrogen-bond acceptors (Lipinski definition) is 4. The minimum absolute atomic E-state index is 0.139. The first kappa shape index (κ1) is 12.5. The van der Waals surface area contributed by atoms with E-state index in [-0.39, 0.29) is 12.5 Å². The van der Waals surface area contributed by atoms with E-state index < -0.39 is 5.97 Å². The van der Waals surface area contributed by atoms with Gasteiger partial charge in [-0.3, -0.25) is 9.59 Å². The molecule has 1 N–H and O–H groups in total. The first-order valence-corrected chi connectivity index (χ1v) is 6.04. The van der Waals surface area contributed by atoms with Crippen LogP contribution in [0.2, 0.25) is 0 Å². The third-order valence-electron chi connectivity index (χ3n) is 2.91. The van der Waals surface area contributed by atoms with Crippen molar-refractivity contribution in [1.82, 2.24) is 19.9 Å². The Morgan fingerprint density at radius 2 is 2.22 bits per heavy atom. The quantitative estimate of drug-likeness (QED) is 0.830. The van der Waals surface area contributed by atoms with Gasteiger partial charge in [0.25, 0.3) is 0 Å². The lowest BCUT2D eigenvalue weighted by atomic mass is 10.2. The molecular formula is C11H16N4O3. The minimum atomic E-state index is -0.961. The summed E-state index contributed by atoms with van der Waals surface area (Å²) in [5.74, 6) is -0.822. The van der Waals surface area contributed by atoms with E-state index in [0.717, 1.165) is 25.8 Å². The van der Waals surface area contributed by atoms with Crippen LogP contribution in [0.25, 0.3) is 0 Å². The summed E-state index contributed by atoms with van der Waals surface area (Å²) in [7, 11) is 0. The molecule has 0 saturated carbocycles. The number of aromatic nitrogens is 3. The van der Waals surface area contributed by atoms with Crippen LogP contribution in [0.4, 0.5) is 0 Å². The molecule has 1 aromatic rings. The third-order valence-corrected chi connectivity index (χ3v) is 2.91. The number of likely N-dealkylation sites (tertiary alicyclic amines) is 1. The van der Waals surface area contributed by atoms with Gasteiger partial charge in [0.15, 0.2) is 0 Å². The SMILES string of the molecule is O=C(O)Cn1cc(CN2CCCCCC2=O)nn1. The molecule has 0 unspecified atom stereocenters. The number of carboxylic acids is 1. The Morgan fingerprint density at radius 3 is 3.00 bits per heavy atom. The fraction of sp³-hybridized carbons (Fsp3) is 0.636. The molecule has 0 aromatic carbocycles. The number of hydrogen-bond donors (Lipinski definition) is 1. The highest BCUT2D eigenvalue weighted by molar-refractivity contribution is 5.76. The highest BCUT2D eigenvalue weighted by atomic mass is 16.4. The summed E-state index contributed by atoms with van der Waals surface area (Å²) in [6.45, 7) is 0.948. The summed E-state index contributed by atoms with van der Waals surface area (Å²) < 4.78 is 1.26. The Kier molecular flexibility index (Phi) is 3.91. The van der Waals surface area contributed by atoms with Crippen LogP contribution in [0, 0.1) is 0 Å². The Labute approximate surface area is 104 Å². The van der Waals surface area contributed by atoms with Gasteiger partial charge in [-0.1, -0.05) is 11.6 Å². The molecule has 0 atom stereocenters. The van der Waals surface area contributed by atoms with Gasteiger partial charge in [0, 0.05) is 13.0 Å². The van der Waals surface area contributed by atoms with Crippen molar-refractivity contribution in [3.05, 3.63) is 11.9 Å². The molecular weight excluding hydrogens is 236 g/mol. The maximum Gasteiger partial charge on any atom is 0.325 e. The molecule has 0 radical (unpaired) electrons. The second-order valence-electron chi connectivity index (χ2n) is 4.43. The first-order valence-electron chi connectivity index (χ1n) is 6.04. The van der Waals surface area contributed by atoms with E-state index in [2.05, 4.69) is 10.3 Å². The zero-order chi connectivity index (χ0) is 13.0. The third kappa shape index (κ3) is 3.28. The van der Waals surface area contributed by atoms with Crippen molar-refractivity contribution in [2.24, 2.45) is 0 Å². The average Bonchev–Trinajstić information content (AvgIpc) is 2.63. The number of carbonyl (C=O) groups is 2. The predicted molar refractivity (Wildman–Crippen MR) is 61.5 cm³/mol. The molecule has 7 nitrogen and oxygen atoms in total. The van der Waals surface area contributed by atoms with E-state index in [9.17, 15) is 9.59 Å². The van der Waals surface area contributed by atoms with Crippen LogP contribution in [0.15, 0.2) is 6.20 Å². The second kappa shape index (κ2) is 5.61. The first-order chi connectivity index (χ1) is 8.65. The number of nitrogens with zero attached hydrogens (tertiary/aromatic N) is 4. The number of rotatable bonds is 4. The van der Waals surface area contributed by atoms with Crippen molar-refractivity contribution >= 4 is 11.9 Å². The monoisotopic (exact) mass is 252 g/mol. The van der Waals surface area contributed by atoms with Crippen molar-refractivity contribution < 1.29 is 14.7 Å². The van der Waals surface area contributed by atoms with E-state index >= 15 is 0 Å². The zero-order valence-corrected chi connectivity index (χ0v) is 10.1. The zero-order valence-electron chi connectivity index (χ0n) is 10.1. The highest BCUT2D eigenvalue weighted by Gasteiger charge is 2.18. The van der Waals surface area contributed by atoms with Gasteiger partial charge < -0.3 is 10.0 Å². The normalized spacial score (nSPS) is 16.7. The molecule has 98 valence electrons. The molecule has 1 aromatic heterocycles. The van der Waals surface area contributed by atoms with E-state index in [1.807, 2.05) is 0 Å². The van der Waals surface area contributed by atoms with E-state index in [1.54, 1.807) is 11.1 Å². The van der Waals surface area contributed by atoms with Crippen LogP contribution < -0.4 is 0 Å². The smallest absolute Gasteiger partial charge is 0.325 e. The molecule has 0 aliphatic carbocycles. The fourth-order valence-corrected chi connectivity index (χ4v) is 2.03. The lowest BCUT2D eigenvalue weighted by Crippen LogP contribution is -2.29. The standard InChI is InChI=1S/C11H16N4O3/c16-10-4-2-1-3-5-14(10)6-9-7-15(13-12-9)8-11(17)18/h7H,1-6,8H2,(H,17,18). The Balaban J connectivity index is 1.97. The van der Waals surface area contributed by atoms with Crippen molar-refractivity contribution in [3.8, 4) is 0 Å². The average molecular weight is 252 g/mol. The molecule has 2 heterocycles. The van der Waals surface area contributed by atoms with E-state index in [0.29, 0.717) is 18.7 Å². The van der Waals surface area contributed by atoms with Gasteiger partial charge in [0.1, 0.15) is 12.2 Å². The van der Waals surface area contributed by atoms with Crippen molar-refractivity contribution in [2.75, 3.05) is 6.54 Å². The molecule has 7 heteroatoms. The van der Waals surface area contributed by atoms with Gasteiger partial charge in [-0.15, -0.1) is 5.10 Å². The summed E-state index contributed by atoms with van der Waals surface area (Å²) in [6, 6.07) is 0. The van der Waals surface area contributed by atoms with Crippen LogP contribution in [0.5, 0.6) is 0 Å². The van der Waals surface area contributed by atoms with Gasteiger partial charge in [-0.05, 0) is 12.8 Å². The lowest BCUT2D eigenvalue weighted by Gasteiger charge is -2.18. The molecule has 1 amide bonds. The predicted octanol–water partition coefficient (Wildman–Crippen LogP) is 0.265. The number of carbonyl (C=O) groups excluding carboxylic acids is 1. The Hall–Kier alpha value is -1.92. The van der Waals surface area contributed by atoms with Gasteiger partial charge >= 0.3 is 5.97 Å². The summed E-state index contributed by atoms with van der Waals surface area (Å²) in [5.41, 5.74) is 0.631. The van der Waals surface area contributed by atoms with Crippen LogP contribution in [0.1, 0.15) is 31.4 Å². The molecule has 1 aliphatic heterocycles. The molecule has 1 fully saturated rings. The summed E-state index contributed by atoms with van der Waals surface area (Å²) in [4.78, 5) is 24.1. The summed E-state index contributed by atoms with van der Waals surface area (Å²) in [6.07, 6.45) is 5.19. The Morgan fingerprint density at radius 1 is 1.39 bits per heavy atom. The van der Waals surface area contributed by atoms with Crippen LogP contribution >= 0.6 is 0 Å². The van der Waals surface area contributed by atoms with Crippen LogP contribution in [0.3, 0.4) is 0 Å². The molecule has 0 bridgehead atoms. The molecule has 2 rings (SSSR count). The van der Waals surface area contributed by atoms with Crippen LogP contribution in [-0.2, 0) is 22.7 Å². The second-order valence-corrected chi connectivity index (χ2v) is 4.43. The molecule has 1 saturated heterocycles. The van der Waals surface area contributed by atoms with Crippen molar-refractivity contribution in [1.29, 1.82) is 0 Å². The van der Waals surface area contributed by atoms with Crippen LogP contribution in [-0.4, -0.2) is 43.4 Å². The van der Waals surface area contributed by atoms with Gasteiger partial charge in [-0.2, -0.15) is 0 Å². The molecule has 0 spiro atoms.